The predicted molar refractivity (Wildman–Crippen MR) is 184 cm³/mol. The molecule has 0 bridgehead atoms. The lowest BCUT2D eigenvalue weighted by molar-refractivity contribution is -0.108. The largest absolute Gasteiger partial charge is 0.481 e. The van der Waals surface area contributed by atoms with Crippen LogP contribution in [0.3, 0.4) is 0 Å². The number of rotatable bonds is 9. The van der Waals surface area contributed by atoms with Gasteiger partial charge in [-0.15, -0.1) is 0 Å². The molecule has 0 saturated carbocycles. The van der Waals surface area contributed by atoms with Crippen molar-refractivity contribution in [1.29, 1.82) is 0 Å². The topological polar surface area (TPSA) is 151 Å². The van der Waals surface area contributed by atoms with Gasteiger partial charge >= 0.3 is 0 Å². The van der Waals surface area contributed by atoms with Crippen LogP contribution < -0.4 is 20.7 Å². The van der Waals surface area contributed by atoms with E-state index in [4.69, 9.17) is 9.72 Å². The van der Waals surface area contributed by atoms with E-state index in [-0.39, 0.29) is 0 Å². The van der Waals surface area contributed by atoms with E-state index in [1.807, 2.05) is 77.1 Å². The summed E-state index contributed by atoms with van der Waals surface area (Å²) in [4.78, 5) is 32.7. The molecule has 0 spiro atoms. The summed E-state index contributed by atoms with van der Waals surface area (Å²) in [5.41, 5.74) is 6.16. The molecule has 4 N–H and O–H groups in total. The standard InChI is InChI=1S/C19H21N7.C8H13N3O.C6H11NO/c1-11-9-22-19(23-16-8-12(2)26(4)25-16)24-17(11)14-10-21-18-13(14)6-5-7-15(18)20-3;1-6(2)10-8-9-5-4-7(11-8)12-3;8-6-5-7-3-1-2-4-7/h5-10,20-21H,1-4H3,(H,22,23,24,25);4-6H,1-3H3,(H,9,10,11);6H,1-5H2. The van der Waals surface area contributed by atoms with Crippen molar-refractivity contribution < 1.29 is 9.53 Å². The molecule has 1 aliphatic rings. The van der Waals surface area contributed by atoms with E-state index in [1.165, 1.54) is 12.8 Å². The second-order valence-electron chi connectivity index (χ2n) is 11.2. The molecule has 6 rings (SSSR count). The lowest BCUT2D eigenvalue weighted by Crippen LogP contribution is -2.20. The molecule has 244 valence electrons. The van der Waals surface area contributed by atoms with Gasteiger partial charge in [0.1, 0.15) is 6.29 Å². The van der Waals surface area contributed by atoms with Crippen LogP contribution in [0.5, 0.6) is 5.88 Å². The number of hydrogen-bond acceptors (Lipinski definition) is 11. The summed E-state index contributed by atoms with van der Waals surface area (Å²) in [6.07, 6.45) is 9.01. The fourth-order valence-electron chi connectivity index (χ4n) is 4.92. The van der Waals surface area contributed by atoms with Crippen LogP contribution in [0.4, 0.5) is 23.4 Å². The van der Waals surface area contributed by atoms with Gasteiger partial charge in [0, 0.05) is 67.5 Å². The number of ether oxygens (including phenoxy) is 1. The van der Waals surface area contributed by atoms with Crippen molar-refractivity contribution >= 4 is 40.6 Å². The van der Waals surface area contributed by atoms with Crippen LogP contribution in [0.25, 0.3) is 22.2 Å². The van der Waals surface area contributed by atoms with Crippen molar-refractivity contribution in [3.05, 3.63) is 60.2 Å². The van der Waals surface area contributed by atoms with E-state index in [2.05, 4.69) is 52.0 Å². The third-order valence-corrected chi connectivity index (χ3v) is 7.35. The number of para-hydroxylation sites is 1. The highest BCUT2D eigenvalue weighted by atomic mass is 16.5. The van der Waals surface area contributed by atoms with Crippen LogP contribution in [-0.4, -0.2) is 85.7 Å². The van der Waals surface area contributed by atoms with Crippen LogP contribution in [0.15, 0.2) is 48.9 Å². The number of hydrogen-bond donors (Lipinski definition) is 4. The number of anilines is 4. The Bertz CT molecular complexity index is 1690. The number of carbonyl (C=O) groups excluding carboxylic acids is 1. The van der Waals surface area contributed by atoms with Gasteiger partial charge in [0.15, 0.2) is 5.82 Å². The molecule has 1 aliphatic heterocycles. The summed E-state index contributed by atoms with van der Waals surface area (Å²) in [6, 6.07) is 10.2. The monoisotopic (exact) mass is 627 g/mol. The van der Waals surface area contributed by atoms with Gasteiger partial charge < -0.3 is 30.5 Å². The first-order valence-electron chi connectivity index (χ1n) is 15.4. The number of benzene rings is 1. The number of aromatic amines is 1. The fourth-order valence-corrected chi connectivity index (χ4v) is 4.92. The molecule has 1 aromatic carbocycles. The third-order valence-electron chi connectivity index (χ3n) is 7.35. The highest BCUT2D eigenvalue weighted by Gasteiger charge is 2.14. The van der Waals surface area contributed by atoms with Crippen molar-refractivity contribution in [2.45, 2.75) is 46.6 Å². The minimum atomic E-state index is 0.331. The fraction of sp³-hybridized carbons (Fsp3) is 0.394. The number of likely N-dealkylation sites (tertiary alicyclic amines) is 1. The molecular weight excluding hydrogens is 582 g/mol. The number of nitrogens with one attached hydrogen (secondary N) is 4. The molecule has 1 fully saturated rings. The molecule has 13 heteroatoms. The summed E-state index contributed by atoms with van der Waals surface area (Å²) in [6.45, 7) is 11.0. The molecule has 0 atom stereocenters. The van der Waals surface area contributed by atoms with Crippen molar-refractivity contribution in [1.82, 2.24) is 39.6 Å². The predicted octanol–water partition coefficient (Wildman–Crippen LogP) is 5.35. The van der Waals surface area contributed by atoms with Crippen LogP contribution in [0, 0.1) is 13.8 Å². The zero-order chi connectivity index (χ0) is 33.1. The molecule has 0 radical (unpaired) electrons. The van der Waals surface area contributed by atoms with Gasteiger partial charge in [0.25, 0.3) is 0 Å². The summed E-state index contributed by atoms with van der Waals surface area (Å²) in [5, 5.41) is 15.0. The van der Waals surface area contributed by atoms with Gasteiger partial charge in [0.05, 0.1) is 30.6 Å². The van der Waals surface area contributed by atoms with Crippen molar-refractivity contribution in [2.75, 3.05) is 49.7 Å². The van der Waals surface area contributed by atoms with Crippen molar-refractivity contribution in [3.63, 3.8) is 0 Å². The highest BCUT2D eigenvalue weighted by molar-refractivity contribution is 6.01. The number of H-pyrrole nitrogens is 1. The first kappa shape index (κ1) is 33.8. The average Bonchev–Trinajstić information content (AvgIpc) is 3.79. The van der Waals surface area contributed by atoms with Crippen molar-refractivity contribution in [3.8, 4) is 17.1 Å². The molecule has 5 aromatic rings. The van der Waals surface area contributed by atoms with Gasteiger partial charge in [-0.1, -0.05) is 12.1 Å². The number of methoxy groups -OCH3 is 1. The quantitative estimate of drug-likeness (QED) is 0.157. The maximum absolute atomic E-state index is 9.92. The first-order valence-corrected chi connectivity index (χ1v) is 15.4. The smallest absolute Gasteiger partial charge is 0.228 e. The molecule has 46 heavy (non-hydrogen) atoms. The van der Waals surface area contributed by atoms with E-state index < -0.39 is 0 Å². The number of fused-ring (bicyclic) bond motifs is 1. The maximum Gasteiger partial charge on any atom is 0.228 e. The number of aldehydes is 1. The summed E-state index contributed by atoms with van der Waals surface area (Å²) < 4.78 is 6.76. The SMILES string of the molecule is CNc1cccc2c(-c3nc(Nc4cc(C)n(C)n4)ncc3C)c[nH]c12.COc1ccnc(NC(C)C)n1.O=CCN1CCCC1. The Labute approximate surface area is 270 Å². The van der Waals surface area contributed by atoms with Gasteiger partial charge in [-0.2, -0.15) is 10.1 Å². The lowest BCUT2D eigenvalue weighted by Gasteiger charge is -2.08. The Kier molecular flexibility index (Phi) is 12.0. The summed E-state index contributed by atoms with van der Waals surface area (Å²) in [7, 11) is 5.41. The van der Waals surface area contributed by atoms with E-state index in [0.717, 1.165) is 64.3 Å². The number of carbonyl (C=O) groups is 1. The minimum Gasteiger partial charge on any atom is -0.481 e. The van der Waals surface area contributed by atoms with Crippen LogP contribution in [0.2, 0.25) is 0 Å². The zero-order valence-corrected chi connectivity index (χ0v) is 27.8. The first-order chi connectivity index (χ1) is 22.2. The van der Waals surface area contributed by atoms with Crippen LogP contribution in [-0.2, 0) is 11.8 Å². The second-order valence-corrected chi connectivity index (χ2v) is 11.2. The Morgan fingerprint density at radius 1 is 1.09 bits per heavy atom. The molecule has 5 heterocycles. The zero-order valence-electron chi connectivity index (χ0n) is 27.8. The van der Waals surface area contributed by atoms with E-state index in [1.54, 1.807) is 19.4 Å². The van der Waals surface area contributed by atoms with E-state index >= 15 is 0 Å². The van der Waals surface area contributed by atoms with Gasteiger partial charge in [-0.05, 0) is 65.3 Å². The van der Waals surface area contributed by atoms with Crippen molar-refractivity contribution in [2.24, 2.45) is 7.05 Å². The average molecular weight is 628 g/mol. The second kappa shape index (κ2) is 16.3. The summed E-state index contributed by atoms with van der Waals surface area (Å²) >= 11 is 0. The van der Waals surface area contributed by atoms with Crippen LogP contribution in [0.1, 0.15) is 37.9 Å². The Balaban J connectivity index is 0.000000197. The number of aromatic nitrogens is 7. The van der Waals surface area contributed by atoms with Gasteiger partial charge in [-0.25, -0.2) is 15.0 Å². The minimum absolute atomic E-state index is 0.331. The molecule has 0 amide bonds. The van der Waals surface area contributed by atoms with Gasteiger partial charge in [0.2, 0.25) is 17.8 Å². The molecule has 0 unspecified atom stereocenters. The Hall–Kier alpha value is -5.04. The van der Waals surface area contributed by atoms with Gasteiger partial charge in [-0.3, -0.25) is 9.58 Å². The number of aryl methyl sites for hydroxylation is 3. The highest BCUT2D eigenvalue weighted by Crippen LogP contribution is 2.33. The Morgan fingerprint density at radius 3 is 2.52 bits per heavy atom. The normalized spacial score (nSPS) is 12.6. The molecule has 4 aromatic heterocycles. The molecule has 0 aliphatic carbocycles. The third kappa shape index (κ3) is 9.00. The lowest BCUT2D eigenvalue weighted by atomic mass is 10.1. The maximum atomic E-state index is 9.92. The summed E-state index contributed by atoms with van der Waals surface area (Å²) in [5.74, 6) is 2.44. The van der Waals surface area contributed by atoms with E-state index in [9.17, 15) is 4.79 Å². The Morgan fingerprint density at radius 2 is 1.87 bits per heavy atom. The van der Waals surface area contributed by atoms with Crippen LogP contribution >= 0.6 is 0 Å². The molecule has 1 saturated heterocycles. The molecule has 13 nitrogen and oxygen atoms in total. The molecular formula is C33H45N11O2. The number of nitrogens with zero attached hydrogens (tertiary/aromatic N) is 7. The van der Waals surface area contributed by atoms with E-state index in [0.29, 0.717) is 30.4 Å².